The van der Waals surface area contributed by atoms with Crippen LogP contribution < -0.4 is 5.32 Å². The first kappa shape index (κ1) is 21.5. The summed E-state index contributed by atoms with van der Waals surface area (Å²) in [5.41, 5.74) is 2.28. The number of aromatic nitrogens is 3. The molecule has 8 heteroatoms. The van der Waals surface area contributed by atoms with Gasteiger partial charge in [-0.15, -0.1) is 0 Å². The molecule has 4 heterocycles. The number of hydrogen-bond donors (Lipinski definition) is 1. The number of nitrogens with zero attached hydrogens (tertiary/aromatic N) is 4. The van der Waals surface area contributed by atoms with Gasteiger partial charge in [-0.3, -0.25) is 9.78 Å². The lowest BCUT2D eigenvalue weighted by molar-refractivity contribution is -0.145. The lowest BCUT2D eigenvalue weighted by Crippen LogP contribution is -2.40. The summed E-state index contributed by atoms with van der Waals surface area (Å²) in [6.07, 6.45) is 6.73. The zero-order valence-corrected chi connectivity index (χ0v) is 18.3. The van der Waals surface area contributed by atoms with Crippen molar-refractivity contribution >= 4 is 17.4 Å². The SMILES string of the molecule is O=C([C@@H]1CCCCO1)N1CC[C@H](c2nc(Nc3cccc(F)c3)cc(-c3ccncc3)n2)C1. The number of halogens is 1. The van der Waals surface area contributed by atoms with Crippen LogP contribution in [0.4, 0.5) is 15.9 Å². The average molecular weight is 448 g/mol. The van der Waals surface area contributed by atoms with Crippen molar-refractivity contribution in [1.82, 2.24) is 19.9 Å². The predicted molar refractivity (Wildman–Crippen MR) is 122 cm³/mol. The highest BCUT2D eigenvalue weighted by molar-refractivity contribution is 5.81. The molecule has 7 nitrogen and oxygen atoms in total. The fraction of sp³-hybridized carbons (Fsp3) is 0.360. The average Bonchev–Trinajstić information content (AvgIpc) is 3.35. The lowest BCUT2D eigenvalue weighted by Gasteiger charge is -2.26. The Morgan fingerprint density at radius 2 is 1.97 bits per heavy atom. The van der Waals surface area contributed by atoms with Gasteiger partial charge in [0.15, 0.2) is 0 Å². The smallest absolute Gasteiger partial charge is 0.251 e. The highest BCUT2D eigenvalue weighted by atomic mass is 19.1. The minimum absolute atomic E-state index is 0.0207. The second kappa shape index (κ2) is 9.62. The zero-order chi connectivity index (χ0) is 22.6. The summed E-state index contributed by atoms with van der Waals surface area (Å²) >= 11 is 0. The van der Waals surface area contributed by atoms with Gasteiger partial charge in [0, 0.05) is 55.3 Å². The Hall–Kier alpha value is -3.39. The van der Waals surface area contributed by atoms with Gasteiger partial charge in [0.2, 0.25) is 0 Å². The molecule has 5 rings (SSSR count). The van der Waals surface area contributed by atoms with E-state index < -0.39 is 0 Å². The molecule has 0 aliphatic carbocycles. The van der Waals surface area contributed by atoms with Crippen LogP contribution in [0.2, 0.25) is 0 Å². The molecule has 2 fully saturated rings. The molecule has 2 aromatic heterocycles. The van der Waals surface area contributed by atoms with Gasteiger partial charge in [0.25, 0.3) is 5.91 Å². The summed E-state index contributed by atoms with van der Waals surface area (Å²) in [5, 5.41) is 3.20. The summed E-state index contributed by atoms with van der Waals surface area (Å²) in [4.78, 5) is 28.4. The maximum atomic E-state index is 13.7. The van der Waals surface area contributed by atoms with E-state index in [0.29, 0.717) is 37.0 Å². The maximum absolute atomic E-state index is 13.7. The number of benzene rings is 1. The number of ether oxygens (including phenoxy) is 1. The number of anilines is 2. The first-order valence-corrected chi connectivity index (χ1v) is 11.4. The monoisotopic (exact) mass is 447 g/mol. The molecule has 1 amide bonds. The van der Waals surface area contributed by atoms with E-state index in [1.54, 1.807) is 24.5 Å². The molecule has 0 unspecified atom stereocenters. The van der Waals surface area contributed by atoms with Gasteiger partial charge in [0.1, 0.15) is 23.6 Å². The fourth-order valence-electron chi connectivity index (χ4n) is 4.41. The highest BCUT2D eigenvalue weighted by Gasteiger charge is 2.34. The second-order valence-corrected chi connectivity index (χ2v) is 8.49. The van der Waals surface area contributed by atoms with Crippen molar-refractivity contribution in [3.05, 3.63) is 66.5 Å². The van der Waals surface area contributed by atoms with Crippen molar-refractivity contribution in [2.75, 3.05) is 25.0 Å². The van der Waals surface area contributed by atoms with Gasteiger partial charge < -0.3 is 15.0 Å². The summed E-state index contributed by atoms with van der Waals surface area (Å²) < 4.78 is 19.4. The van der Waals surface area contributed by atoms with Gasteiger partial charge in [-0.25, -0.2) is 14.4 Å². The van der Waals surface area contributed by atoms with Crippen LogP contribution in [-0.2, 0) is 9.53 Å². The molecule has 0 radical (unpaired) electrons. The fourth-order valence-corrected chi connectivity index (χ4v) is 4.41. The largest absolute Gasteiger partial charge is 0.368 e. The first-order chi connectivity index (χ1) is 16.2. The highest BCUT2D eigenvalue weighted by Crippen LogP contribution is 2.30. The van der Waals surface area contributed by atoms with E-state index in [1.165, 1.54) is 12.1 Å². The van der Waals surface area contributed by atoms with Crippen molar-refractivity contribution in [3.8, 4) is 11.3 Å². The van der Waals surface area contributed by atoms with Crippen LogP contribution in [-0.4, -0.2) is 51.6 Å². The van der Waals surface area contributed by atoms with Crippen LogP contribution >= 0.6 is 0 Å². The van der Waals surface area contributed by atoms with Crippen LogP contribution in [0.25, 0.3) is 11.3 Å². The molecule has 33 heavy (non-hydrogen) atoms. The predicted octanol–water partition coefficient (Wildman–Crippen LogP) is 4.31. The van der Waals surface area contributed by atoms with Gasteiger partial charge in [-0.2, -0.15) is 0 Å². The Kier molecular flexibility index (Phi) is 6.26. The number of amides is 1. The Morgan fingerprint density at radius 1 is 1.09 bits per heavy atom. The Morgan fingerprint density at radius 3 is 2.76 bits per heavy atom. The van der Waals surface area contributed by atoms with Gasteiger partial charge >= 0.3 is 0 Å². The number of nitrogens with one attached hydrogen (secondary N) is 1. The van der Waals surface area contributed by atoms with Crippen LogP contribution in [0.15, 0.2) is 54.9 Å². The van der Waals surface area contributed by atoms with Crippen LogP contribution in [0.1, 0.15) is 37.4 Å². The van der Waals surface area contributed by atoms with Gasteiger partial charge in [0.05, 0.1) is 5.69 Å². The van der Waals surface area contributed by atoms with E-state index in [0.717, 1.165) is 36.9 Å². The molecule has 3 aromatic rings. The Labute approximate surface area is 192 Å². The summed E-state index contributed by atoms with van der Waals surface area (Å²) in [5.74, 6) is 1.02. The van der Waals surface area contributed by atoms with Gasteiger partial charge in [-0.05, 0) is 56.0 Å². The van der Waals surface area contributed by atoms with Crippen LogP contribution in [0.5, 0.6) is 0 Å². The molecule has 2 saturated heterocycles. The van der Waals surface area contributed by atoms with Crippen molar-refractivity contribution in [3.63, 3.8) is 0 Å². The van der Waals surface area contributed by atoms with E-state index in [4.69, 9.17) is 14.7 Å². The topological polar surface area (TPSA) is 80.2 Å². The molecule has 0 bridgehead atoms. The molecular weight excluding hydrogens is 421 g/mol. The third-order valence-corrected chi connectivity index (χ3v) is 6.14. The van der Waals surface area contributed by atoms with Crippen molar-refractivity contribution in [1.29, 1.82) is 0 Å². The number of carbonyl (C=O) groups is 1. The van der Waals surface area contributed by atoms with Crippen molar-refractivity contribution in [2.45, 2.75) is 37.7 Å². The molecule has 2 aliphatic heterocycles. The molecule has 1 N–H and O–H groups in total. The lowest BCUT2D eigenvalue weighted by atomic mass is 10.1. The number of hydrogen-bond acceptors (Lipinski definition) is 6. The zero-order valence-electron chi connectivity index (χ0n) is 18.3. The van der Waals surface area contributed by atoms with E-state index >= 15 is 0 Å². The van der Waals surface area contributed by atoms with E-state index in [2.05, 4.69) is 10.3 Å². The Bertz CT molecular complexity index is 1120. The van der Waals surface area contributed by atoms with Crippen molar-refractivity contribution in [2.24, 2.45) is 0 Å². The molecule has 0 spiro atoms. The standard InChI is InChI=1S/C25H26FN5O2/c26-19-4-3-5-20(14-19)28-23-15-21(17-7-10-27-11-8-17)29-24(30-23)18-9-12-31(16-18)25(32)22-6-1-2-13-33-22/h3-5,7-8,10-11,14-15,18,22H,1-2,6,9,12-13,16H2,(H,28,29,30)/t18-,22-/m0/s1. The molecule has 2 atom stereocenters. The maximum Gasteiger partial charge on any atom is 0.251 e. The molecular formula is C25H26FN5O2. The van der Waals surface area contributed by atoms with E-state index in [9.17, 15) is 9.18 Å². The number of pyridine rings is 1. The normalized spacial score (nSPS) is 20.6. The summed E-state index contributed by atoms with van der Waals surface area (Å²) in [6, 6.07) is 11.9. The molecule has 170 valence electrons. The molecule has 2 aliphatic rings. The third kappa shape index (κ3) is 5.01. The van der Waals surface area contributed by atoms with Crippen LogP contribution in [0.3, 0.4) is 0 Å². The second-order valence-electron chi connectivity index (χ2n) is 8.49. The quantitative estimate of drug-likeness (QED) is 0.628. The summed E-state index contributed by atoms with van der Waals surface area (Å²) in [7, 11) is 0. The van der Waals surface area contributed by atoms with Crippen LogP contribution in [0, 0.1) is 5.82 Å². The number of rotatable bonds is 5. The number of carbonyl (C=O) groups excluding carboxylic acids is 1. The van der Waals surface area contributed by atoms with Crippen molar-refractivity contribution < 1.29 is 13.9 Å². The minimum atomic E-state index is -0.327. The van der Waals surface area contributed by atoms with E-state index in [-0.39, 0.29) is 23.7 Å². The summed E-state index contributed by atoms with van der Waals surface area (Å²) in [6.45, 7) is 1.89. The third-order valence-electron chi connectivity index (χ3n) is 6.14. The Balaban J connectivity index is 1.41. The minimum Gasteiger partial charge on any atom is -0.368 e. The first-order valence-electron chi connectivity index (χ1n) is 11.4. The molecule has 0 saturated carbocycles. The van der Waals surface area contributed by atoms with E-state index in [1.807, 2.05) is 23.1 Å². The molecule has 1 aromatic carbocycles. The van der Waals surface area contributed by atoms with Gasteiger partial charge in [-0.1, -0.05) is 6.07 Å². The number of likely N-dealkylation sites (tertiary alicyclic amines) is 1.